The highest BCUT2D eigenvalue weighted by Gasteiger charge is 2.35. The molecule has 0 unspecified atom stereocenters. The molecule has 1 aliphatic rings. The lowest BCUT2D eigenvalue weighted by atomic mass is 9.81. The number of hydrogen-bond acceptors (Lipinski definition) is 4. The third kappa shape index (κ3) is 3.07. The summed E-state index contributed by atoms with van der Waals surface area (Å²) in [5, 5.41) is 18.7. The van der Waals surface area contributed by atoms with Gasteiger partial charge in [-0.1, -0.05) is 11.6 Å². The molecule has 0 aliphatic heterocycles. The molecule has 1 aromatic carbocycles. The Bertz CT molecular complexity index is 633. The van der Waals surface area contributed by atoms with Crippen LogP contribution < -0.4 is 4.72 Å². The number of halogens is 1. The van der Waals surface area contributed by atoms with Gasteiger partial charge in [0.1, 0.15) is 4.90 Å². The van der Waals surface area contributed by atoms with Crippen molar-refractivity contribution in [2.75, 3.05) is 6.54 Å². The van der Waals surface area contributed by atoms with Crippen LogP contribution in [0, 0.1) is 11.3 Å². The largest absolute Gasteiger partial charge is 0.389 e. The van der Waals surface area contributed by atoms with Gasteiger partial charge in [0.15, 0.2) is 0 Å². The second kappa shape index (κ2) is 5.10. The molecule has 2 N–H and O–H groups in total. The van der Waals surface area contributed by atoms with Gasteiger partial charge in [-0.25, -0.2) is 13.1 Å². The number of hydrogen-bond donors (Lipinski definition) is 2. The number of aliphatic hydroxyl groups is 1. The third-order valence-corrected chi connectivity index (χ3v) is 5.11. The van der Waals surface area contributed by atoms with Crippen LogP contribution in [-0.2, 0) is 10.0 Å². The molecule has 0 spiro atoms. The summed E-state index contributed by atoms with van der Waals surface area (Å²) >= 11 is 5.84. The Morgan fingerprint density at radius 2 is 2.16 bits per heavy atom. The minimum atomic E-state index is -3.83. The number of nitriles is 1. The van der Waals surface area contributed by atoms with Gasteiger partial charge >= 0.3 is 0 Å². The lowest BCUT2D eigenvalue weighted by Crippen LogP contribution is -2.47. The van der Waals surface area contributed by atoms with E-state index in [0.717, 1.165) is 6.42 Å². The molecule has 0 amide bonds. The monoisotopic (exact) mass is 300 g/mol. The van der Waals surface area contributed by atoms with Crippen molar-refractivity contribution in [2.45, 2.75) is 29.8 Å². The maximum Gasteiger partial charge on any atom is 0.242 e. The highest BCUT2D eigenvalue weighted by molar-refractivity contribution is 7.89. The van der Waals surface area contributed by atoms with Crippen molar-refractivity contribution in [1.82, 2.24) is 4.72 Å². The molecule has 19 heavy (non-hydrogen) atoms. The van der Waals surface area contributed by atoms with E-state index in [-0.39, 0.29) is 22.0 Å². The van der Waals surface area contributed by atoms with Crippen LogP contribution in [0.25, 0.3) is 0 Å². The molecule has 0 heterocycles. The van der Waals surface area contributed by atoms with Gasteiger partial charge < -0.3 is 5.11 Å². The van der Waals surface area contributed by atoms with Gasteiger partial charge in [-0.2, -0.15) is 5.26 Å². The van der Waals surface area contributed by atoms with Gasteiger partial charge in [-0.15, -0.1) is 0 Å². The van der Waals surface area contributed by atoms with Gasteiger partial charge in [0.05, 0.1) is 22.3 Å². The summed E-state index contributed by atoms with van der Waals surface area (Å²) in [5.41, 5.74) is -0.737. The SMILES string of the molecule is N#Cc1ccc(Cl)c(S(=O)(=O)NCC2(O)CCC2)c1. The predicted molar refractivity (Wildman–Crippen MR) is 70.2 cm³/mol. The first kappa shape index (κ1) is 14.3. The normalized spacial score (nSPS) is 17.5. The highest BCUT2D eigenvalue weighted by Crippen LogP contribution is 2.31. The summed E-state index contributed by atoms with van der Waals surface area (Å²) < 4.78 is 26.5. The molecule has 0 atom stereocenters. The summed E-state index contributed by atoms with van der Waals surface area (Å²) in [6.07, 6.45) is 2.06. The quantitative estimate of drug-likeness (QED) is 0.879. The fraction of sp³-hybridized carbons (Fsp3) is 0.417. The van der Waals surface area contributed by atoms with Crippen LogP contribution in [-0.4, -0.2) is 25.7 Å². The van der Waals surface area contributed by atoms with E-state index in [1.165, 1.54) is 18.2 Å². The first-order chi connectivity index (χ1) is 8.86. The Balaban J connectivity index is 2.22. The number of benzene rings is 1. The van der Waals surface area contributed by atoms with Crippen LogP contribution in [0.4, 0.5) is 0 Å². The van der Waals surface area contributed by atoms with Crippen LogP contribution in [0.1, 0.15) is 24.8 Å². The average Bonchev–Trinajstić information content (AvgIpc) is 2.34. The van der Waals surface area contributed by atoms with Gasteiger partial charge in [-0.3, -0.25) is 0 Å². The van der Waals surface area contributed by atoms with E-state index >= 15 is 0 Å². The Morgan fingerprint density at radius 3 is 2.68 bits per heavy atom. The minimum Gasteiger partial charge on any atom is -0.389 e. The van der Waals surface area contributed by atoms with Crippen molar-refractivity contribution < 1.29 is 13.5 Å². The summed E-state index contributed by atoms with van der Waals surface area (Å²) in [7, 11) is -3.83. The van der Waals surface area contributed by atoms with Crippen molar-refractivity contribution in [3.63, 3.8) is 0 Å². The molecule has 0 aromatic heterocycles. The standard InChI is InChI=1S/C12H13ClN2O3S/c13-10-3-2-9(7-14)6-11(10)19(17,18)15-8-12(16)4-1-5-12/h2-3,6,15-16H,1,4-5,8H2. The second-order valence-electron chi connectivity index (χ2n) is 4.66. The number of nitrogens with zero attached hydrogens (tertiary/aromatic N) is 1. The van der Waals surface area contributed by atoms with E-state index in [2.05, 4.69) is 4.72 Å². The molecule has 102 valence electrons. The van der Waals surface area contributed by atoms with E-state index in [4.69, 9.17) is 16.9 Å². The number of nitrogens with one attached hydrogen (secondary N) is 1. The topological polar surface area (TPSA) is 90.2 Å². The molecule has 1 saturated carbocycles. The van der Waals surface area contributed by atoms with Crippen LogP contribution in [0.3, 0.4) is 0 Å². The maximum absolute atomic E-state index is 12.1. The second-order valence-corrected chi connectivity index (χ2v) is 6.80. The van der Waals surface area contributed by atoms with Crippen molar-refractivity contribution in [2.24, 2.45) is 0 Å². The molecule has 0 bridgehead atoms. The lowest BCUT2D eigenvalue weighted by Gasteiger charge is -2.36. The van der Waals surface area contributed by atoms with E-state index in [9.17, 15) is 13.5 Å². The molecular formula is C12H13ClN2O3S. The van der Waals surface area contributed by atoms with E-state index in [1.807, 2.05) is 6.07 Å². The van der Waals surface area contributed by atoms with Crippen LogP contribution in [0.5, 0.6) is 0 Å². The molecule has 2 rings (SSSR count). The first-order valence-corrected chi connectivity index (χ1v) is 7.64. The Hall–Kier alpha value is -1.13. The summed E-state index contributed by atoms with van der Waals surface area (Å²) in [4.78, 5) is -0.142. The Morgan fingerprint density at radius 1 is 1.47 bits per heavy atom. The Kier molecular flexibility index (Phi) is 3.83. The molecule has 5 nitrogen and oxygen atoms in total. The van der Waals surface area contributed by atoms with Gasteiger partial charge in [-0.05, 0) is 37.5 Å². The molecule has 1 aromatic rings. The van der Waals surface area contributed by atoms with Crippen LogP contribution in [0.15, 0.2) is 23.1 Å². The third-order valence-electron chi connectivity index (χ3n) is 3.23. The zero-order valence-electron chi connectivity index (χ0n) is 10.1. The highest BCUT2D eigenvalue weighted by atomic mass is 35.5. The van der Waals surface area contributed by atoms with Gasteiger partial charge in [0.25, 0.3) is 0 Å². The zero-order chi connectivity index (χ0) is 14.1. The molecule has 0 saturated heterocycles. The maximum atomic E-state index is 12.1. The summed E-state index contributed by atoms with van der Waals surface area (Å²) in [6, 6.07) is 5.89. The van der Waals surface area contributed by atoms with Gasteiger partial charge in [0, 0.05) is 6.54 Å². The van der Waals surface area contributed by atoms with E-state index < -0.39 is 15.6 Å². The Labute approximate surface area is 116 Å². The van der Waals surface area contributed by atoms with Crippen LogP contribution in [0.2, 0.25) is 5.02 Å². The van der Waals surface area contributed by atoms with Gasteiger partial charge in [0.2, 0.25) is 10.0 Å². The fourth-order valence-electron chi connectivity index (χ4n) is 1.85. The lowest BCUT2D eigenvalue weighted by molar-refractivity contribution is -0.0270. The fourth-order valence-corrected chi connectivity index (χ4v) is 3.49. The molecule has 7 heteroatoms. The van der Waals surface area contributed by atoms with Crippen molar-refractivity contribution in [3.05, 3.63) is 28.8 Å². The molecular weight excluding hydrogens is 288 g/mol. The van der Waals surface area contributed by atoms with Crippen molar-refractivity contribution in [3.8, 4) is 6.07 Å². The smallest absolute Gasteiger partial charge is 0.242 e. The summed E-state index contributed by atoms with van der Waals surface area (Å²) in [5.74, 6) is 0. The zero-order valence-corrected chi connectivity index (χ0v) is 11.6. The first-order valence-electron chi connectivity index (χ1n) is 5.78. The van der Waals surface area contributed by atoms with E-state index in [1.54, 1.807) is 0 Å². The molecule has 1 aliphatic carbocycles. The number of sulfonamides is 1. The average molecular weight is 301 g/mol. The predicted octanol–water partition coefficient (Wildman–Crippen LogP) is 1.40. The molecule has 1 fully saturated rings. The minimum absolute atomic E-state index is 0.0392. The summed E-state index contributed by atoms with van der Waals surface area (Å²) in [6.45, 7) is -0.0392. The van der Waals surface area contributed by atoms with Crippen molar-refractivity contribution in [1.29, 1.82) is 5.26 Å². The van der Waals surface area contributed by atoms with Crippen LogP contribution >= 0.6 is 11.6 Å². The van der Waals surface area contributed by atoms with E-state index in [0.29, 0.717) is 12.8 Å². The molecule has 0 radical (unpaired) electrons. The number of rotatable bonds is 4. The van der Waals surface area contributed by atoms with Crippen molar-refractivity contribution >= 4 is 21.6 Å².